The minimum atomic E-state index is -4.48. The zero-order chi connectivity index (χ0) is 27.2. The predicted octanol–water partition coefficient (Wildman–Crippen LogP) is 5.16. The SMILES string of the molecule is C[C@@H](n1cnc2cc(-c3ccc(C(F)(F)F)cc3)sc2c1=O)[C@](O)(Cn1cncn1)c1ccc(F)cc1F. The van der Waals surface area contributed by atoms with Gasteiger partial charge in [0.2, 0.25) is 0 Å². The van der Waals surface area contributed by atoms with Gasteiger partial charge in [-0.05, 0) is 36.8 Å². The third kappa shape index (κ3) is 4.58. The first kappa shape index (κ1) is 25.7. The Labute approximate surface area is 215 Å². The van der Waals surface area contributed by atoms with E-state index < -0.39 is 40.6 Å². The maximum absolute atomic E-state index is 14.9. The van der Waals surface area contributed by atoms with E-state index >= 15 is 0 Å². The van der Waals surface area contributed by atoms with Crippen LogP contribution in [0.25, 0.3) is 20.7 Å². The van der Waals surface area contributed by atoms with Crippen LogP contribution in [0, 0.1) is 11.6 Å². The van der Waals surface area contributed by atoms with Crippen LogP contribution in [0.1, 0.15) is 24.1 Å². The van der Waals surface area contributed by atoms with Crippen LogP contribution < -0.4 is 5.56 Å². The lowest BCUT2D eigenvalue weighted by atomic mass is 9.86. The van der Waals surface area contributed by atoms with Crippen molar-refractivity contribution in [1.82, 2.24) is 24.3 Å². The molecule has 0 saturated carbocycles. The third-order valence-corrected chi connectivity index (χ3v) is 7.50. The highest BCUT2D eigenvalue weighted by atomic mass is 32.1. The molecule has 1 N–H and O–H groups in total. The van der Waals surface area contributed by atoms with Crippen molar-refractivity contribution in [2.75, 3.05) is 0 Å². The molecule has 0 aliphatic carbocycles. The van der Waals surface area contributed by atoms with Gasteiger partial charge in [0.25, 0.3) is 5.56 Å². The number of hydrogen-bond donors (Lipinski definition) is 1. The molecule has 5 rings (SSSR count). The molecular weight excluding hydrogens is 529 g/mol. The van der Waals surface area contributed by atoms with Crippen LogP contribution in [0.5, 0.6) is 0 Å². The number of hydrogen-bond acceptors (Lipinski definition) is 6. The Morgan fingerprint density at radius 3 is 2.42 bits per heavy atom. The molecule has 0 radical (unpaired) electrons. The molecule has 7 nitrogen and oxygen atoms in total. The van der Waals surface area contributed by atoms with E-state index in [-0.39, 0.29) is 16.8 Å². The first-order chi connectivity index (χ1) is 18.0. The Morgan fingerprint density at radius 2 is 1.79 bits per heavy atom. The minimum absolute atomic E-state index is 0.192. The van der Waals surface area contributed by atoms with Gasteiger partial charge in [-0.2, -0.15) is 18.3 Å². The van der Waals surface area contributed by atoms with Crippen LogP contribution in [0.15, 0.2) is 72.3 Å². The number of fused-ring (bicyclic) bond motifs is 1. The highest BCUT2D eigenvalue weighted by Gasteiger charge is 2.41. The molecular formula is C25H18F5N5O2S. The molecule has 0 spiro atoms. The number of rotatable bonds is 6. The molecule has 0 aliphatic heterocycles. The van der Waals surface area contributed by atoms with Crippen molar-refractivity contribution in [3.63, 3.8) is 0 Å². The summed E-state index contributed by atoms with van der Waals surface area (Å²) in [4.78, 5) is 22.1. The summed E-state index contributed by atoms with van der Waals surface area (Å²) >= 11 is 1.03. The number of nitrogens with zero attached hydrogens (tertiary/aromatic N) is 5. The van der Waals surface area contributed by atoms with Gasteiger partial charge in [0.15, 0.2) is 0 Å². The van der Waals surface area contributed by atoms with Crippen molar-refractivity contribution in [2.24, 2.45) is 0 Å². The smallest absolute Gasteiger partial charge is 0.381 e. The standard InChI is InChI=1S/C25H18F5N5O2S/c1-14(24(37,10-34-12-31-11-33-34)18-7-6-17(26)8-19(18)27)35-13-32-20-9-21(38-22(20)23(35)36)15-2-4-16(5-3-15)25(28,29)30/h2-9,11-14,37H,10H2,1H3/t14-,24-/m1/s1. The second-order valence-corrected chi connectivity index (χ2v) is 9.73. The normalized spacial score (nSPS) is 14.5. The van der Waals surface area contributed by atoms with Crippen LogP contribution >= 0.6 is 11.3 Å². The van der Waals surface area contributed by atoms with E-state index in [4.69, 9.17) is 0 Å². The Bertz CT molecular complexity index is 1660. The summed E-state index contributed by atoms with van der Waals surface area (Å²) in [6, 6.07) is 7.72. The number of thiophene rings is 1. The Morgan fingerprint density at radius 1 is 1.05 bits per heavy atom. The van der Waals surface area contributed by atoms with Crippen LogP contribution in [-0.4, -0.2) is 29.4 Å². The molecule has 38 heavy (non-hydrogen) atoms. The largest absolute Gasteiger partial charge is 0.416 e. The summed E-state index contributed by atoms with van der Waals surface area (Å²) in [5.41, 5.74) is -2.91. The van der Waals surface area contributed by atoms with Crippen molar-refractivity contribution in [3.8, 4) is 10.4 Å². The van der Waals surface area contributed by atoms with E-state index in [1.165, 1.54) is 42.7 Å². The quantitative estimate of drug-likeness (QED) is 0.297. The maximum atomic E-state index is 14.9. The van der Waals surface area contributed by atoms with E-state index in [9.17, 15) is 31.9 Å². The lowest BCUT2D eigenvalue weighted by molar-refractivity contribution is -0.137. The molecule has 2 aromatic carbocycles. The van der Waals surface area contributed by atoms with Crippen LogP contribution in [0.2, 0.25) is 0 Å². The number of aliphatic hydroxyl groups is 1. The lowest BCUT2D eigenvalue weighted by Gasteiger charge is -2.35. The van der Waals surface area contributed by atoms with E-state index in [0.29, 0.717) is 22.0 Å². The van der Waals surface area contributed by atoms with Crippen molar-refractivity contribution in [3.05, 3.63) is 101 Å². The fourth-order valence-corrected chi connectivity index (χ4v) is 5.29. The molecule has 196 valence electrons. The third-order valence-electron chi connectivity index (χ3n) is 6.33. The van der Waals surface area contributed by atoms with Crippen LogP contribution in [0.4, 0.5) is 22.0 Å². The molecule has 0 saturated heterocycles. The van der Waals surface area contributed by atoms with Gasteiger partial charge < -0.3 is 5.11 Å². The molecule has 0 fully saturated rings. The van der Waals surface area contributed by atoms with Crippen molar-refractivity contribution in [1.29, 1.82) is 0 Å². The summed E-state index contributed by atoms with van der Waals surface area (Å²) in [6.07, 6.45) is -0.747. The average molecular weight is 548 g/mol. The number of aromatic nitrogens is 5. The summed E-state index contributed by atoms with van der Waals surface area (Å²) in [5, 5.41) is 15.8. The van der Waals surface area contributed by atoms with E-state index in [0.717, 1.165) is 40.2 Å². The first-order valence-electron chi connectivity index (χ1n) is 11.2. The topological polar surface area (TPSA) is 85.8 Å². The van der Waals surface area contributed by atoms with Gasteiger partial charge in [-0.25, -0.2) is 23.4 Å². The molecule has 0 bridgehead atoms. The van der Waals surface area contributed by atoms with Gasteiger partial charge in [0.05, 0.1) is 30.0 Å². The Kier molecular flexibility index (Phi) is 6.35. The lowest BCUT2D eigenvalue weighted by Crippen LogP contribution is -2.43. The van der Waals surface area contributed by atoms with E-state index in [1.807, 2.05) is 0 Å². The average Bonchev–Trinajstić information content (AvgIpc) is 3.53. The zero-order valence-electron chi connectivity index (χ0n) is 19.5. The first-order valence-corrected chi connectivity index (χ1v) is 12.0. The fraction of sp³-hybridized carbons (Fsp3) is 0.200. The van der Waals surface area contributed by atoms with Gasteiger partial charge in [-0.3, -0.25) is 9.36 Å². The molecule has 0 unspecified atom stereocenters. The summed E-state index contributed by atoms with van der Waals surface area (Å²) < 4.78 is 69.9. The monoisotopic (exact) mass is 547 g/mol. The predicted molar refractivity (Wildman–Crippen MR) is 129 cm³/mol. The van der Waals surface area contributed by atoms with Gasteiger partial charge in [0.1, 0.15) is 34.6 Å². The molecule has 0 aliphatic rings. The Hall–Kier alpha value is -3.97. The Balaban J connectivity index is 1.58. The molecule has 3 aromatic heterocycles. The maximum Gasteiger partial charge on any atom is 0.416 e. The number of halogens is 5. The van der Waals surface area contributed by atoms with Gasteiger partial charge in [0, 0.05) is 16.5 Å². The highest BCUT2D eigenvalue weighted by molar-refractivity contribution is 7.22. The summed E-state index contributed by atoms with van der Waals surface area (Å²) in [7, 11) is 0. The minimum Gasteiger partial charge on any atom is -0.381 e. The van der Waals surface area contributed by atoms with Gasteiger partial charge in [-0.15, -0.1) is 11.3 Å². The van der Waals surface area contributed by atoms with Gasteiger partial charge >= 0.3 is 6.18 Å². The molecule has 13 heteroatoms. The van der Waals surface area contributed by atoms with Crippen molar-refractivity contribution >= 4 is 21.6 Å². The van der Waals surface area contributed by atoms with Crippen LogP contribution in [-0.2, 0) is 18.3 Å². The summed E-state index contributed by atoms with van der Waals surface area (Å²) in [5.74, 6) is -1.85. The second kappa shape index (κ2) is 9.40. The molecule has 0 amide bonds. The van der Waals surface area contributed by atoms with E-state index in [1.54, 1.807) is 6.07 Å². The van der Waals surface area contributed by atoms with Crippen molar-refractivity contribution < 1.29 is 27.1 Å². The van der Waals surface area contributed by atoms with Crippen LogP contribution in [0.3, 0.4) is 0 Å². The molecule has 5 aromatic rings. The molecule has 3 heterocycles. The highest BCUT2D eigenvalue weighted by Crippen LogP contribution is 2.38. The molecule has 2 atom stereocenters. The number of alkyl halides is 3. The van der Waals surface area contributed by atoms with Gasteiger partial charge in [-0.1, -0.05) is 18.2 Å². The number of benzene rings is 2. The second-order valence-electron chi connectivity index (χ2n) is 8.67. The van der Waals surface area contributed by atoms with Crippen molar-refractivity contribution in [2.45, 2.75) is 31.3 Å². The summed E-state index contributed by atoms with van der Waals surface area (Å²) in [6.45, 7) is 1.17. The zero-order valence-corrected chi connectivity index (χ0v) is 20.3. The fourth-order valence-electron chi connectivity index (χ4n) is 4.24. The van der Waals surface area contributed by atoms with E-state index in [2.05, 4.69) is 15.1 Å².